The van der Waals surface area contributed by atoms with Crippen LogP contribution in [0.2, 0.25) is 0 Å². The van der Waals surface area contributed by atoms with E-state index < -0.39 is 29.9 Å². The quantitative estimate of drug-likeness (QED) is 0.592. The van der Waals surface area contributed by atoms with Crippen LogP contribution < -0.4 is 5.32 Å². The highest BCUT2D eigenvalue weighted by atomic mass is 16.5. The van der Waals surface area contributed by atoms with Gasteiger partial charge in [0.2, 0.25) is 5.91 Å². The van der Waals surface area contributed by atoms with Crippen molar-refractivity contribution in [3.63, 3.8) is 0 Å². The Morgan fingerprint density at radius 2 is 2.17 bits per heavy atom. The van der Waals surface area contributed by atoms with E-state index in [-0.39, 0.29) is 25.5 Å². The van der Waals surface area contributed by atoms with Crippen LogP contribution in [-0.2, 0) is 9.53 Å². The number of carbonyl (C=O) groups is 2. The first-order valence-corrected chi connectivity index (χ1v) is 5.91. The minimum absolute atomic E-state index is 0.229. The fourth-order valence-corrected chi connectivity index (χ4v) is 2.21. The maximum atomic E-state index is 11.8. The Labute approximate surface area is 105 Å². The van der Waals surface area contributed by atoms with Crippen LogP contribution in [0.25, 0.3) is 0 Å². The van der Waals surface area contributed by atoms with Gasteiger partial charge in [-0.05, 0) is 13.8 Å². The van der Waals surface area contributed by atoms with Crippen LogP contribution in [0.15, 0.2) is 0 Å². The second kappa shape index (κ2) is 4.49. The number of nitrogens with zero attached hydrogens (tertiary/aromatic N) is 1. The van der Waals surface area contributed by atoms with Crippen LogP contribution in [-0.4, -0.2) is 58.6 Å². The number of aliphatic hydroxyl groups is 2. The summed E-state index contributed by atoms with van der Waals surface area (Å²) in [5.74, 6) is -0.319. The summed E-state index contributed by atoms with van der Waals surface area (Å²) in [5.41, 5.74) is -0.695. The Balaban J connectivity index is 2.10. The molecule has 3 N–H and O–H groups in total. The molecule has 0 saturated carbocycles. The second-order valence-corrected chi connectivity index (χ2v) is 5.39. The van der Waals surface area contributed by atoms with E-state index >= 15 is 0 Å². The lowest BCUT2D eigenvalue weighted by Gasteiger charge is -2.39. The van der Waals surface area contributed by atoms with Crippen molar-refractivity contribution in [1.82, 2.24) is 10.2 Å². The van der Waals surface area contributed by atoms with E-state index in [1.807, 2.05) is 0 Å². The van der Waals surface area contributed by atoms with Gasteiger partial charge in [0.1, 0.15) is 12.3 Å². The first kappa shape index (κ1) is 13.3. The normalized spacial score (nSPS) is 35.8. The number of carbonyl (C=O) groups excluding carboxylic acids is 2. The van der Waals surface area contributed by atoms with Gasteiger partial charge in [0.15, 0.2) is 0 Å². The number of hydrogen-bond acceptors (Lipinski definition) is 5. The third-order valence-electron chi connectivity index (χ3n) is 3.39. The summed E-state index contributed by atoms with van der Waals surface area (Å²) in [7, 11) is 0. The number of rotatable bonds is 2. The first-order valence-electron chi connectivity index (χ1n) is 5.91. The fourth-order valence-electron chi connectivity index (χ4n) is 2.21. The molecule has 0 spiro atoms. The zero-order valence-electron chi connectivity index (χ0n) is 10.4. The Morgan fingerprint density at radius 3 is 2.72 bits per heavy atom. The molecule has 0 aromatic rings. The van der Waals surface area contributed by atoms with Crippen molar-refractivity contribution in [2.75, 3.05) is 13.2 Å². The third-order valence-corrected chi connectivity index (χ3v) is 3.39. The molecule has 1 unspecified atom stereocenters. The topological polar surface area (TPSA) is 99.1 Å². The van der Waals surface area contributed by atoms with Crippen LogP contribution in [0.5, 0.6) is 0 Å². The largest absolute Gasteiger partial charge is 0.394 e. The van der Waals surface area contributed by atoms with Crippen LogP contribution in [0.4, 0.5) is 4.79 Å². The zero-order chi connectivity index (χ0) is 13.5. The molecule has 2 heterocycles. The van der Waals surface area contributed by atoms with E-state index in [1.54, 1.807) is 13.8 Å². The second-order valence-electron chi connectivity index (χ2n) is 5.39. The molecule has 2 rings (SSSR count). The maximum Gasteiger partial charge on any atom is 0.326 e. The molecule has 7 nitrogen and oxygen atoms in total. The number of amides is 3. The lowest BCUT2D eigenvalue weighted by Crippen LogP contribution is -2.61. The molecule has 7 heteroatoms. The van der Waals surface area contributed by atoms with E-state index in [0.29, 0.717) is 0 Å². The number of aliphatic hydroxyl groups excluding tert-OH is 2. The van der Waals surface area contributed by atoms with Crippen molar-refractivity contribution in [3.8, 4) is 0 Å². The molecule has 2 aliphatic heterocycles. The average molecular weight is 258 g/mol. The molecular formula is C11H18N2O5. The summed E-state index contributed by atoms with van der Waals surface area (Å²) in [6.45, 7) is 3.40. The highest BCUT2D eigenvalue weighted by molar-refractivity contribution is 5.99. The Morgan fingerprint density at radius 1 is 1.50 bits per heavy atom. The van der Waals surface area contributed by atoms with Crippen LogP contribution in [0, 0.1) is 5.41 Å². The monoisotopic (exact) mass is 258 g/mol. The SMILES string of the molecule is CC1(C)CN([C@H]2CC(O)[C@@H](CO)O2)C(=O)NC1=O. The number of ether oxygens (including phenoxy) is 1. The highest BCUT2D eigenvalue weighted by Gasteiger charge is 2.45. The summed E-state index contributed by atoms with van der Waals surface area (Å²) in [4.78, 5) is 24.7. The minimum atomic E-state index is -0.798. The van der Waals surface area contributed by atoms with E-state index in [9.17, 15) is 14.7 Å². The summed E-state index contributed by atoms with van der Waals surface area (Å²) < 4.78 is 5.42. The molecule has 2 fully saturated rings. The molecule has 18 heavy (non-hydrogen) atoms. The smallest absolute Gasteiger partial charge is 0.326 e. The van der Waals surface area contributed by atoms with E-state index in [2.05, 4.69) is 5.32 Å². The summed E-state index contributed by atoms with van der Waals surface area (Å²) in [6.07, 6.45) is -1.84. The summed E-state index contributed by atoms with van der Waals surface area (Å²) in [5, 5.41) is 20.9. The van der Waals surface area contributed by atoms with Crippen molar-refractivity contribution >= 4 is 11.9 Å². The third kappa shape index (κ3) is 2.21. The van der Waals surface area contributed by atoms with Crippen LogP contribution in [0.3, 0.4) is 0 Å². The van der Waals surface area contributed by atoms with Gasteiger partial charge in [-0.1, -0.05) is 0 Å². The van der Waals surface area contributed by atoms with Gasteiger partial charge in [0.05, 0.1) is 18.1 Å². The minimum Gasteiger partial charge on any atom is -0.394 e. The van der Waals surface area contributed by atoms with Crippen molar-refractivity contribution < 1.29 is 24.5 Å². The molecule has 2 saturated heterocycles. The predicted octanol–water partition coefficient (Wildman–Crippen LogP) is -0.967. The molecule has 0 radical (unpaired) electrons. The lowest BCUT2D eigenvalue weighted by atomic mass is 9.90. The number of imide groups is 1. The van der Waals surface area contributed by atoms with E-state index in [4.69, 9.17) is 9.84 Å². The van der Waals surface area contributed by atoms with Gasteiger partial charge in [-0.2, -0.15) is 0 Å². The molecule has 102 valence electrons. The van der Waals surface area contributed by atoms with E-state index in [0.717, 1.165) is 0 Å². The maximum absolute atomic E-state index is 11.8. The van der Waals surface area contributed by atoms with Gasteiger partial charge in [-0.3, -0.25) is 15.0 Å². The Kier molecular flexibility index (Phi) is 3.31. The zero-order valence-corrected chi connectivity index (χ0v) is 10.4. The molecule has 0 bridgehead atoms. The van der Waals surface area contributed by atoms with Gasteiger partial charge in [0, 0.05) is 13.0 Å². The van der Waals surface area contributed by atoms with Gasteiger partial charge in [-0.15, -0.1) is 0 Å². The Hall–Kier alpha value is -1.18. The van der Waals surface area contributed by atoms with Gasteiger partial charge >= 0.3 is 6.03 Å². The number of urea groups is 1. The van der Waals surface area contributed by atoms with Crippen molar-refractivity contribution in [3.05, 3.63) is 0 Å². The average Bonchev–Trinajstić information content (AvgIpc) is 2.65. The van der Waals surface area contributed by atoms with Gasteiger partial charge in [0.25, 0.3) is 0 Å². The highest BCUT2D eigenvalue weighted by Crippen LogP contribution is 2.29. The van der Waals surface area contributed by atoms with Gasteiger partial charge in [-0.25, -0.2) is 4.79 Å². The van der Waals surface area contributed by atoms with Crippen LogP contribution >= 0.6 is 0 Å². The molecule has 0 aliphatic carbocycles. The van der Waals surface area contributed by atoms with Crippen LogP contribution in [0.1, 0.15) is 20.3 Å². The predicted molar refractivity (Wildman–Crippen MR) is 60.4 cm³/mol. The molecule has 0 aromatic heterocycles. The molecule has 0 aromatic carbocycles. The first-order chi connectivity index (χ1) is 8.35. The summed E-state index contributed by atoms with van der Waals surface area (Å²) in [6, 6.07) is -0.518. The standard InChI is InChI=1S/C11H18N2O5/c1-11(2)5-13(10(17)12-9(11)16)8-3-6(15)7(4-14)18-8/h6-8,14-15H,3-5H2,1-2H3,(H,12,16,17)/t6?,7-,8-/m1/s1. The number of hydrogen-bond donors (Lipinski definition) is 3. The van der Waals surface area contributed by atoms with Crippen molar-refractivity contribution in [1.29, 1.82) is 0 Å². The lowest BCUT2D eigenvalue weighted by molar-refractivity contribution is -0.135. The molecular weight excluding hydrogens is 240 g/mol. The summed E-state index contributed by atoms with van der Waals surface area (Å²) >= 11 is 0. The molecule has 2 aliphatic rings. The molecule has 3 atom stereocenters. The van der Waals surface area contributed by atoms with Gasteiger partial charge < -0.3 is 14.9 Å². The van der Waals surface area contributed by atoms with Crippen molar-refractivity contribution in [2.24, 2.45) is 5.41 Å². The fraction of sp³-hybridized carbons (Fsp3) is 0.818. The molecule has 3 amide bonds. The number of nitrogens with one attached hydrogen (secondary N) is 1. The van der Waals surface area contributed by atoms with E-state index in [1.165, 1.54) is 4.90 Å². The Bertz CT molecular complexity index is 370. The van der Waals surface area contributed by atoms with Crippen molar-refractivity contribution in [2.45, 2.75) is 38.7 Å².